The standard InChI is InChI=1S/C9H15N9/c1-9(2,3)16-6-13-7(17-10)15-8(14-6)18-5-11-4-12-18/h4-5H,10H2,1-3H3,(H2,13,14,15,16,17). The van der Waals surface area contributed by atoms with Gasteiger partial charge in [0.2, 0.25) is 11.9 Å². The number of nitrogen functional groups attached to an aromatic ring is 1. The Morgan fingerprint density at radius 3 is 2.44 bits per heavy atom. The summed E-state index contributed by atoms with van der Waals surface area (Å²) in [5.41, 5.74) is 2.22. The van der Waals surface area contributed by atoms with Crippen molar-refractivity contribution in [2.24, 2.45) is 5.84 Å². The van der Waals surface area contributed by atoms with Gasteiger partial charge in [0.05, 0.1) is 0 Å². The summed E-state index contributed by atoms with van der Waals surface area (Å²) in [5.74, 6) is 6.33. The lowest BCUT2D eigenvalue weighted by Gasteiger charge is -2.20. The Balaban J connectivity index is 2.39. The van der Waals surface area contributed by atoms with Crippen molar-refractivity contribution in [3.8, 4) is 5.95 Å². The fourth-order valence-corrected chi connectivity index (χ4v) is 1.23. The Morgan fingerprint density at radius 1 is 1.17 bits per heavy atom. The molecule has 96 valence electrons. The molecule has 2 rings (SSSR count). The molecule has 2 aromatic heterocycles. The number of hydrazine groups is 1. The predicted molar refractivity (Wildman–Crippen MR) is 65.9 cm³/mol. The number of hydrogen-bond donors (Lipinski definition) is 3. The van der Waals surface area contributed by atoms with Gasteiger partial charge in [-0.25, -0.2) is 10.8 Å². The molecule has 0 spiro atoms. The van der Waals surface area contributed by atoms with Crippen LogP contribution in [0.25, 0.3) is 5.95 Å². The highest BCUT2D eigenvalue weighted by Crippen LogP contribution is 2.12. The summed E-state index contributed by atoms with van der Waals surface area (Å²) >= 11 is 0. The first-order chi connectivity index (χ1) is 8.48. The van der Waals surface area contributed by atoms with Crippen LogP contribution in [0, 0.1) is 0 Å². The fraction of sp³-hybridized carbons (Fsp3) is 0.444. The number of rotatable bonds is 3. The van der Waals surface area contributed by atoms with Gasteiger partial charge in [-0.15, -0.1) is 0 Å². The molecule has 0 saturated carbocycles. The molecule has 9 heteroatoms. The van der Waals surface area contributed by atoms with Crippen molar-refractivity contribution in [1.82, 2.24) is 29.7 Å². The summed E-state index contributed by atoms with van der Waals surface area (Å²) in [4.78, 5) is 16.3. The molecule has 4 N–H and O–H groups in total. The fourth-order valence-electron chi connectivity index (χ4n) is 1.23. The average molecular weight is 249 g/mol. The van der Waals surface area contributed by atoms with Crippen LogP contribution in [0.5, 0.6) is 0 Å². The van der Waals surface area contributed by atoms with Gasteiger partial charge in [-0.1, -0.05) is 0 Å². The largest absolute Gasteiger partial charge is 0.349 e. The summed E-state index contributed by atoms with van der Waals surface area (Å²) in [6, 6.07) is 0. The Hall–Kier alpha value is -2.29. The second kappa shape index (κ2) is 4.53. The summed E-state index contributed by atoms with van der Waals surface area (Å²) in [7, 11) is 0. The van der Waals surface area contributed by atoms with E-state index in [2.05, 4.69) is 35.8 Å². The van der Waals surface area contributed by atoms with Crippen LogP contribution in [0.4, 0.5) is 11.9 Å². The Morgan fingerprint density at radius 2 is 1.89 bits per heavy atom. The molecule has 0 fully saturated rings. The van der Waals surface area contributed by atoms with E-state index in [0.29, 0.717) is 11.9 Å². The lowest BCUT2D eigenvalue weighted by molar-refractivity contribution is 0.623. The molecule has 0 radical (unpaired) electrons. The molecule has 2 heterocycles. The Labute approximate surface area is 104 Å². The van der Waals surface area contributed by atoms with Crippen LogP contribution in [0.15, 0.2) is 12.7 Å². The topological polar surface area (TPSA) is 119 Å². The molecule has 18 heavy (non-hydrogen) atoms. The third-order valence-corrected chi connectivity index (χ3v) is 1.86. The van der Waals surface area contributed by atoms with E-state index in [1.165, 1.54) is 17.3 Å². The number of anilines is 2. The third-order valence-electron chi connectivity index (χ3n) is 1.86. The second-order valence-electron chi connectivity index (χ2n) is 4.64. The molecule has 0 aliphatic rings. The second-order valence-corrected chi connectivity index (χ2v) is 4.64. The molecule has 0 atom stereocenters. The zero-order chi connectivity index (χ0) is 13.2. The smallest absolute Gasteiger partial charge is 0.258 e. The number of aromatic nitrogens is 6. The summed E-state index contributed by atoms with van der Waals surface area (Å²) in [6.07, 6.45) is 2.90. The van der Waals surface area contributed by atoms with E-state index in [9.17, 15) is 0 Å². The quantitative estimate of drug-likeness (QED) is 0.511. The third kappa shape index (κ3) is 2.88. The first-order valence-electron chi connectivity index (χ1n) is 5.34. The van der Waals surface area contributed by atoms with Crippen molar-refractivity contribution in [3.05, 3.63) is 12.7 Å². The predicted octanol–water partition coefficient (Wildman–Crippen LogP) is -0.0517. The first kappa shape index (κ1) is 12.2. The zero-order valence-corrected chi connectivity index (χ0v) is 10.4. The van der Waals surface area contributed by atoms with Gasteiger partial charge >= 0.3 is 0 Å². The molecule has 2 aromatic rings. The maximum absolute atomic E-state index is 5.33. The van der Waals surface area contributed by atoms with Gasteiger partial charge in [0.25, 0.3) is 5.95 Å². The maximum atomic E-state index is 5.33. The average Bonchev–Trinajstić information content (AvgIpc) is 2.79. The molecular formula is C9H15N9. The Bertz CT molecular complexity index is 513. The molecule has 0 saturated heterocycles. The van der Waals surface area contributed by atoms with Gasteiger partial charge in [-0.05, 0) is 20.8 Å². The van der Waals surface area contributed by atoms with Crippen LogP contribution in [0.3, 0.4) is 0 Å². The van der Waals surface area contributed by atoms with E-state index < -0.39 is 0 Å². The molecule has 0 bridgehead atoms. The van der Waals surface area contributed by atoms with Crippen LogP contribution in [-0.2, 0) is 0 Å². The molecular weight excluding hydrogens is 234 g/mol. The monoisotopic (exact) mass is 249 g/mol. The van der Waals surface area contributed by atoms with E-state index in [1.807, 2.05) is 20.8 Å². The van der Waals surface area contributed by atoms with Crippen LogP contribution in [0.1, 0.15) is 20.8 Å². The van der Waals surface area contributed by atoms with Gasteiger partial charge in [-0.2, -0.15) is 24.7 Å². The van der Waals surface area contributed by atoms with Crippen molar-refractivity contribution in [2.45, 2.75) is 26.3 Å². The highest BCUT2D eigenvalue weighted by molar-refractivity contribution is 5.38. The zero-order valence-electron chi connectivity index (χ0n) is 10.4. The SMILES string of the molecule is CC(C)(C)Nc1nc(NN)nc(-n2cncn2)n1. The number of nitrogens with one attached hydrogen (secondary N) is 2. The minimum absolute atomic E-state index is 0.174. The summed E-state index contributed by atoms with van der Waals surface area (Å²) in [6.45, 7) is 6.00. The molecule has 9 nitrogen and oxygen atoms in total. The normalized spacial score (nSPS) is 11.3. The lowest BCUT2D eigenvalue weighted by atomic mass is 10.1. The summed E-state index contributed by atoms with van der Waals surface area (Å²) < 4.78 is 1.43. The maximum Gasteiger partial charge on any atom is 0.258 e. The number of hydrogen-bond acceptors (Lipinski definition) is 8. The Kier molecular flexibility index (Phi) is 3.06. The van der Waals surface area contributed by atoms with Gasteiger partial charge < -0.3 is 5.32 Å². The summed E-state index contributed by atoms with van der Waals surface area (Å²) in [5, 5.41) is 7.09. The van der Waals surface area contributed by atoms with Crippen LogP contribution < -0.4 is 16.6 Å². The minimum Gasteiger partial charge on any atom is -0.349 e. The van der Waals surface area contributed by atoms with Crippen molar-refractivity contribution >= 4 is 11.9 Å². The van der Waals surface area contributed by atoms with Gasteiger partial charge in [0, 0.05) is 5.54 Å². The minimum atomic E-state index is -0.174. The highest BCUT2D eigenvalue weighted by atomic mass is 15.4. The van der Waals surface area contributed by atoms with E-state index in [1.54, 1.807) is 0 Å². The van der Waals surface area contributed by atoms with Crippen molar-refractivity contribution < 1.29 is 0 Å². The first-order valence-corrected chi connectivity index (χ1v) is 5.34. The number of nitrogens with zero attached hydrogens (tertiary/aromatic N) is 6. The van der Waals surface area contributed by atoms with E-state index in [4.69, 9.17) is 5.84 Å². The molecule has 0 unspecified atom stereocenters. The van der Waals surface area contributed by atoms with E-state index in [0.717, 1.165) is 0 Å². The van der Waals surface area contributed by atoms with Crippen LogP contribution in [0.2, 0.25) is 0 Å². The van der Waals surface area contributed by atoms with Crippen molar-refractivity contribution in [3.63, 3.8) is 0 Å². The van der Waals surface area contributed by atoms with E-state index >= 15 is 0 Å². The van der Waals surface area contributed by atoms with Gasteiger partial charge in [-0.3, -0.25) is 5.43 Å². The molecule has 0 aromatic carbocycles. The molecule has 0 amide bonds. The van der Waals surface area contributed by atoms with E-state index in [-0.39, 0.29) is 11.5 Å². The van der Waals surface area contributed by atoms with Crippen LogP contribution in [-0.4, -0.2) is 35.3 Å². The number of nitrogens with two attached hydrogens (primary N) is 1. The van der Waals surface area contributed by atoms with Gasteiger partial charge in [0.1, 0.15) is 12.7 Å². The lowest BCUT2D eigenvalue weighted by Crippen LogP contribution is -2.28. The highest BCUT2D eigenvalue weighted by Gasteiger charge is 2.14. The molecule has 0 aliphatic carbocycles. The van der Waals surface area contributed by atoms with Crippen LogP contribution >= 0.6 is 0 Å². The molecule has 0 aliphatic heterocycles. The van der Waals surface area contributed by atoms with Crippen molar-refractivity contribution in [2.75, 3.05) is 10.7 Å². The van der Waals surface area contributed by atoms with Gasteiger partial charge in [0.15, 0.2) is 0 Å². The van der Waals surface area contributed by atoms with Crippen molar-refractivity contribution in [1.29, 1.82) is 0 Å².